The highest BCUT2D eigenvalue weighted by molar-refractivity contribution is 9.10. The molecule has 1 fully saturated rings. The molecule has 0 unspecified atom stereocenters. The van der Waals surface area contributed by atoms with Gasteiger partial charge in [-0.15, -0.1) is 0 Å². The molecule has 0 amide bonds. The lowest BCUT2D eigenvalue weighted by Gasteiger charge is -2.22. The maximum atomic E-state index is 13.9. The summed E-state index contributed by atoms with van der Waals surface area (Å²) in [6.07, 6.45) is 2.20. The summed E-state index contributed by atoms with van der Waals surface area (Å²) in [5, 5.41) is 0. The fourth-order valence-electron chi connectivity index (χ4n) is 1.96. The lowest BCUT2D eigenvalue weighted by Crippen LogP contribution is -2.30. The molecule has 2 nitrogen and oxygen atoms in total. The molecule has 0 saturated heterocycles. The van der Waals surface area contributed by atoms with E-state index >= 15 is 0 Å². The van der Waals surface area contributed by atoms with Crippen molar-refractivity contribution in [1.29, 1.82) is 0 Å². The van der Waals surface area contributed by atoms with Crippen molar-refractivity contribution >= 4 is 15.9 Å². The van der Waals surface area contributed by atoms with Gasteiger partial charge >= 0.3 is 0 Å². The zero-order valence-electron chi connectivity index (χ0n) is 10.3. The van der Waals surface area contributed by atoms with E-state index in [1.165, 1.54) is 12.1 Å². The van der Waals surface area contributed by atoms with Crippen molar-refractivity contribution in [2.75, 3.05) is 20.3 Å². The molecule has 100 valence electrons. The van der Waals surface area contributed by atoms with Crippen molar-refractivity contribution in [2.24, 2.45) is 0 Å². The van der Waals surface area contributed by atoms with E-state index < -0.39 is 11.6 Å². The van der Waals surface area contributed by atoms with E-state index in [2.05, 4.69) is 20.8 Å². The molecule has 0 spiro atoms. The lowest BCUT2D eigenvalue weighted by atomic mass is 10.2. The molecule has 18 heavy (non-hydrogen) atoms. The van der Waals surface area contributed by atoms with Gasteiger partial charge in [0.15, 0.2) is 0 Å². The molecule has 5 heteroatoms. The standard InChI is InChI=1S/C13H16BrF2NO/c1-18-7-6-17(9-2-3-9)8-10-12(15)5-4-11(14)13(10)16/h4-5,9H,2-3,6-8H2,1H3. The second-order valence-corrected chi connectivity index (χ2v) is 5.37. The molecular weight excluding hydrogens is 304 g/mol. The molecular formula is C13H16BrF2NO. The molecule has 1 aliphatic carbocycles. The summed E-state index contributed by atoms with van der Waals surface area (Å²) >= 11 is 3.09. The Balaban J connectivity index is 2.13. The van der Waals surface area contributed by atoms with E-state index in [4.69, 9.17) is 4.74 Å². The summed E-state index contributed by atoms with van der Waals surface area (Å²) < 4.78 is 32.9. The van der Waals surface area contributed by atoms with Crippen molar-refractivity contribution in [3.05, 3.63) is 33.8 Å². The maximum absolute atomic E-state index is 13.9. The third kappa shape index (κ3) is 3.28. The average molecular weight is 320 g/mol. The van der Waals surface area contributed by atoms with E-state index in [0.29, 0.717) is 30.2 Å². The lowest BCUT2D eigenvalue weighted by molar-refractivity contribution is 0.138. The van der Waals surface area contributed by atoms with Crippen molar-refractivity contribution in [3.8, 4) is 0 Å². The highest BCUT2D eigenvalue weighted by atomic mass is 79.9. The normalized spacial score (nSPS) is 15.4. The smallest absolute Gasteiger partial charge is 0.144 e. The van der Waals surface area contributed by atoms with Crippen LogP contribution in [0.5, 0.6) is 0 Å². The average Bonchev–Trinajstić information content (AvgIpc) is 3.18. The van der Waals surface area contributed by atoms with E-state index in [1.807, 2.05) is 0 Å². The van der Waals surface area contributed by atoms with Crippen LogP contribution in [0.4, 0.5) is 8.78 Å². The molecule has 2 rings (SSSR count). The maximum Gasteiger partial charge on any atom is 0.144 e. The van der Waals surface area contributed by atoms with Crippen LogP contribution in [0.15, 0.2) is 16.6 Å². The molecule has 1 aromatic rings. The summed E-state index contributed by atoms with van der Waals surface area (Å²) in [4.78, 5) is 2.08. The molecule has 0 aliphatic heterocycles. The summed E-state index contributed by atoms with van der Waals surface area (Å²) in [5.74, 6) is -0.989. The molecule has 1 aliphatic rings. The predicted octanol–water partition coefficient (Wildman–Crippen LogP) is 3.34. The highest BCUT2D eigenvalue weighted by Crippen LogP contribution is 2.30. The van der Waals surface area contributed by atoms with E-state index in [0.717, 1.165) is 12.8 Å². The largest absolute Gasteiger partial charge is 0.383 e. The van der Waals surface area contributed by atoms with Gasteiger partial charge < -0.3 is 4.74 Å². The van der Waals surface area contributed by atoms with Crippen LogP contribution in [0.25, 0.3) is 0 Å². The molecule has 0 heterocycles. The van der Waals surface area contributed by atoms with Crippen LogP contribution < -0.4 is 0 Å². The van der Waals surface area contributed by atoms with Gasteiger partial charge in [0.25, 0.3) is 0 Å². The molecule has 0 radical (unpaired) electrons. The third-order valence-corrected chi connectivity index (χ3v) is 3.76. The van der Waals surface area contributed by atoms with Crippen molar-refractivity contribution in [3.63, 3.8) is 0 Å². The second kappa shape index (κ2) is 6.08. The molecule has 1 aromatic carbocycles. The van der Waals surface area contributed by atoms with Crippen LogP contribution >= 0.6 is 15.9 Å². The minimum absolute atomic E-state index is 0.132. The topological polar surface area (TPSA) is 12.5 Å². The van der Waals surface area contributed by atoms with E-state index in [-0.39, 0.29) is 5.56 Å². The van der Waals surface area contributed by atoms with Crippen LogP contribution in [0.3, 0.4) is 0 Å². The monoisotopic (exact) mass is 319 g/mol. The second-order valence-electron chi connectivity index (χ2n) is 4.52. The summed E-state index contributed by atoms with van der Waals surface area (Å²) in [6, 6.07) is 3.13. The minimum atomic E-state index is -0.502. The zero-order chi connectivity index (χ0) is 13.1. The van der Waals surface area contributed by atoms with Gasteiger partial charge in [-0.05, 0) is 40.9 Å². The first-order chi connectivity index (χ1) is 8.63. The Kier molecular flexibility index (Phi) is 4.70. The fourth-order valence-corrected chi connectivity index (χ4v) is 2.33. The van der Waals surface area contributed by atoms with Gasteiger partial charge in [0.2, 0.25) is 0 Å². The van der Waals surface area contributed by atoms with Crippen LogP contribution in [0, 0.1) is 11.6 Å². The molecule has 0 bridgehead atoms. The Morgan fingerprint density at radius 3 is 2.72 bits per heavy atom. The Morgan fingerprint density at radius 1 is 1.39 bits per heavy atom. The number of halogens is 3. The number of nitrogens with zero attached hydrogens (tertiary/aromatic N) is 1. The number of rotatable bonds is 6. The van der Waals surface area contributed by atoms with Crippen molar-refractivity contribution < 1.29 is 13.5 Å². The molecule has 0 N–H and O–H groups in total. The van der Waals surface area contributed by atoms with Gasteiger partial charge in [0, 0.05) is 31.8 Å². The SMILES string of the molecule is COCCN(Cc1c(F)ccc(Br)c1F)C1CC1. The van der Waals surface area contributed by atoms with E-state index in [9.17, 15) is 8.78 Å². The first-order valence-corrected chi connectivity index (χ1v) is 6.78. The number of ether oxygens (including phenoxy) is 1. The van der Waals surface area contributed by atoms with Crippen LogP contribution in [0.1, 0.15) is 18.4 Å². The van der Waals surface area contributed by atoms with Crippen LogP contribution in [-0.4, -0.2) is 31.2 Å². The third-order valence-electron chi connectivity index (χ3n) is 3.15. The quantitative estimate of drug-likeness (QED) is 0.746. The fraction of sp³-hybridized carbons (Fsp3) is 0.538. The highest BCUT2D eigenvalue weighted by Gasteiger charge is 2.30. The molecule has 1 saturated carbocycles. The van der Waals surface area contributed by atoms with Gasteiger partial charge in [0.1, 0.15) is 11.6 Å². The van der Waals surface area contributed by atoms with Gasteiger partial charge in [-0.1, -0.05) is 0 Å². The van der Waals surface area contributed by atoms with Gasteiger partial charge in [0.05, 0.1) is 11.1 Å². The van der Waals surface area contributed by atoms with E-state index in [1.54, 1.807) is 7.11 Å². The van der Waals surface area contributed by atoms with Gasteiger partial charge in [-0.3, -0.25) is 4.90 Å². The molecule has 0 aromatic heterocycles. The Hall–Kier alpha value is -0.520. The number of methoxy groups -OCH3 is 1. The first-order valence-electron chi connectivity index (χ1n) is 5.99. The summed E-state index contributed by atoms with van der Waals surface area (Å²) in [6.45, 7) is 1.57. The zero-order valence-corrected chi connectivity index (χ0v) is 11.8. The van der Waals surface area contributed by atoms with Crippen LogP contribution in [0.2, 0.25) is 0 Å². The Morgan fingerprint density at radius 2 is 2.11 bits per heavy atom. The Bertz CT molecular complexity index is 424. The predicted molar refractivity (Wildman–Crippen MR) is 69.4 cm³/mol. The number of benzene rings is 1. The van der Waals surface area contributed by atoms with Gasteiger partial charge in [-0.25, -0.2) is 8.78 Å². The van der Waals surface area contributed by atoms with Crippen molar-refractivity contribution in [1.82, 2.24) is 4.90 Å². The number of hydrogen-bond donors (Lipinski definition) is 0. The first kappa shape index (κ1) is 13.9. The van der Waals surface area contributed by atoms with Gasteiger partial charge in [-0.2, -0.15) is 0 Å². The summed E-state index contributed by atoms with van der Waals surface area (Å²) in [5.41, 5.74) is 0.132. The molecule has 0 atom stereocenters. The minimum Gasteiger partial charge on any atom is -0.383 e. The Labute approximate surface area is 114 Å². The summed E-state index contributed by atoms with van der Waals surface area (Å²) in [7, 11) is 1.63. The van der Waals surface area contributed by atoms with Crippen LogP contribution in [-0.2, 0) is 11.3 Å². The van der Waals surface area contributed by atoms with Crippen molar-refractivity contribution in [2.45, 2.75) is 25.4 Å². The number of hydrogen-bond acceptors (Lipinski definition) is 2.